The Morgan fingerprint density at radius 3 is 3.00 bits per heavy atom. The molecule has 98 valence electrons. The fourth-order valence-electron chi connectivity index (χ4n) is 2.10. The molecule has 2 aromatic heterocycles. The van der Waals surface area contributed by atoms with Crippen molar-refractivity contribution < 1.29 is 0 Å². The lowest BCUT2D eigenvalue weighted by Crippen LogP contribution is -2.26. The molecule has 0 saturated heterocycles. The van der Waals surface area contributed by atoms with E-state index in [1.807, 2.05) is 17.5 Å². The minimum absolute atomic E-state index is 0.318. The van der Waals surface area contributed by atoms with Crippen LogP contribution in [-0.4, -0.2) is 16.1 Å². The molecule has 1 atom stereocenters. The lowest BCUT2D eigenvalue weighted by Gasteiger charge is -2.18. The molecular formula is C14H21N3S. The number of imidazole rings is 1. The van der Waals surface area contributed by atoms with E-state index in [9.17, 15) is 0 Å². The first kappa shape index (κ1) is 13.3. The fraction of sp³-hybridized carbons (Fsp3) is 0.500. The van der Waals surface area contributed by atoms with Crippen molar-refractivity contribution in [3.05, 3.63) is 40.6 Å². The van der Waals surface area contributed by atoms with Gasteiger partial charge < -0.3 is 9.88 Å². The topological polar surface area (TPSA) is 29.9 Å². The van der Waals surface area contributed by atoms with Gasteiger partial charge in [0, 0.05) is 30.2 Å². The number of aromatic nitrogens is 2. The number of aryl methyl sites for hydroxylation is 1. The SMILES string of the molecule is CCCNC(Cc1cccs1)c1nccn1CC. The summed E-state index contributed by atoms with van der Waals surface area (Å²) in [5, 5.41) is 5.75. The average molecular weight is 263 g/mol. The maximum Gasteiger partial charge on any atom is 0.126 e. The second-order valence-corrected chi connectivity index (χ2v) is 5.39. The number of hydrogen-bond donors (Lipinski definition) is 1. The zero-order chi connectivity index (χ0) is 12.8. The van der Waals surface area contributed by atoms with Crippen LogP contribution < -0.4 is 5.32 Å². The van der Waals surface area contributed by atoms with Crippen LogP contribution in [0.2, 0.25) is 0 Å². The molecule has 0 spiro atoms. The lowest BCUT2D eigenvalue weighted by atomic mass is 10.1. The first-order chi connectivity index (χ1) is 8.85. The Labute approximate surface area is 113 Å². The van der Waals surface area contributed by atoms with Gasteiger partial charge in [-0.05, 0) is 31.3 Å². The Bertz CT molecular complexity index is 447. The standard InChI is InChI=1S/C14H21N3S/c1-3-7-15-13(11-12-6-5-10-18-12)14-16-8-9-17(14)4-2/h5-6,8-10,13,15H,3-4,7,11H2,1-2H3. The Hall–Kier alpha value is -1.13. The van der Waals surface area contributed by atoms with Gasteiger partial charge in [0.25, 0.3) is 0 Å². The molecule has 18 heavy (non-hydrogen) atoms. The third-order valence-electron chi connectivity index (χ3n) is 3.03. The highest BCUT2D eigenvalue weighted by Crippen LogP contribution is 2.20. The minimum Gasteiger partial charge on any atom is -0.334 e. The van der Waals surface area contributed by atoms with E-state index >= 15 is 0 Å². The largest absolute Gasteiger partial charge is 0.334 e. The van der Waals surface area contributed by atoms with Crippen LogP contribution in [0.4, 0.5) is 0 Å². The Morgan fingerprint density at radius 1 is 1.44 bits per heavy atom. The zero-order valence-electron chi connectivity index (χ0n) is 11.1. The van der Waals surface area contributed by atoms with E-state index in [2.05, 4.69) is 52.4 Å². The maximum atomic E-state index is 4.53. The Kier molecular flexibility index (Phi) is 4.96. The van der Waals surface area contributed by atoms with Gasteiger partial charge in [0.2, 0.25) is 0 Å². The molecule has 2 heterocycles. The summed E-state index contributed by atoms with van der Waals surface area (Å²) in [6.07, 6.45) is 6.13. The molecule has 1 N–H and O–H groups in total. The molecule has 3 nitrogen and oxygen atoms in total. The van der Waals surface area contributed by atoms with Crippen LogP contribution in [0.1, 0.15) is 37.0 Å². The van der Waals surface area contributed by atoms with Gasteiger partial charge in [-0.25, -0.2) is 4.98 Å². The number of nitrogens with one attached hydrogen (secondary N) is 1. The van der Waals surface area contributed by atoms with Gasteiger partial charge in [0.05, 0.1) is 6.04 Å². The van der Waals surface area contributed by atoms with Crippen LogP contribution >= 0.6 is 11.3 Å². The summed E-state index contributed by atoms with van der Waals surface area (Å²) in [4.78, 5) is 5.94. The van der Waals surface area contributed by atoms with Crippen molar-refractivity contribution in [1.82, 2.24) is 14.9 Å². The zero-order valence-corrected chi connectivity index (χ0v) is 11.9. The van der Waals surface area contributed by atoms with Gasteiger partial charge in [-0.15, -0.1) is 11.3 Å². The van der Waals surface area contributed by atoms with Crippen molar-refractivity contribution in [2.24, 2.45) is 0 Å². The molecule has 0 saturated carbocycles. The van der Waals surface area contributed by atoms with E-state index in [1.165, 1.54) is 4.88 Å². The van der Waals surface area contributed by atoms with Crippen molar-refractivity contribution in [1.29, 1.82) is 0 Å². The molecule has 0 radical (unpaired) electrons. The highest BCUT2D eigenvalue weighted by Gasteiger charge is 2.16. The maximum absolute atomic E-state index is 4.53. The molecule has 0 aliphatic rings. The number of nitrogens with zero attached hydrogens (tertiary/aromatic N) is 2. The first-order valence-corrected chi connectivity index (χ1v) is 7.49. The molecule has 2 aromatic rings. The Morgan fingerprint density at radius 2 is 2.33 bits per heavy atom. The minimum atomic E-state index is 0.318. The molecule has 0 aliphatic carbocycles. The molecule has 0 fully saturated rings. The number of thiophene rings is 1. The predicted octanol–water partition coefficient (Wildman–Crippen LogP) is 3.25. The van der Waals surface area contributed by atoms with E-state index in [1.54, 1.807) is 0 Å². The van der Waals surface area contributed by atoms with Crippen LogP contribution in [0.3, 0.4) is 0 Å². The van der Waals surface area contributed by atoms with Crippen molar-refractivity contribution in [2.45, 2.75) is 39.3 Å². The van der Waals surface area contributed by atoms with Gasteiger partial charge in [0.1, 0.15) is 5.82 Å². The second kappa shape index (κ2) is 6.71. The summed E-state index contributed by atoms with van der Waals surface area (Å²) >= 11 is 1.82. The van der Waals surface area contributed by atoms with Crippen LogP contribution in [0.15, 0.2) is 29.9 Å². The summed E-state index contributed by atoms with van der Waals surface area (Å²) in [5.74, 6) is 1.15. The third-order valence-corrected chi connectivity index (χ3v) is 3.92. The molecule has 0 aliphatic heterocycles. The van der Waals surface area contributed by atoms with Gasteiger partial charge in [-0.3, -0.25) is 0 Å². The number of hydrogen-bond acceptors (Lipinski definition) is 3. The van der Waals surface area contributed by atoms with Gasteiger partial charge in [-0.1, -0.05) is 13.0 Å². The van der Waals surface area contributed by atoms with Crippen molar-refractivity contribution in [2.75, 3.05) is 6.54 Å². The van der Waals surface area contributed by atoms with Crippen LogP contribution in [0.25, 0.3) is 0 Å². The predicted molar refractivity (Wildman–Crippen MR) is 77.0 cm³/mol. The average Bonchev–Trinajstić information content (AvgIpc) is 3.04. The highest BCUT2D eigenvalue weighted by molar-refractivity contribution is 7.09. The van der Waals surface area contributed by atoms with Gasteiger partial charge in [0.15, 0.2) is 0 Å². The van der Waals surface area contributed by atoms with Gasteiger partial charge >= 0.3 is 0 Å². The second-order valence-electron chi connectivity index (χ2n) is 4.36. The van der Waals surface area contributed by atoms with Crippen molar-refractivity contribution in [3.8, 4) is 0 Å². The smallest absolute Gasteiger partial charge is 0.126 e. The van der Waals surface area contributed by atoms with E-state index in [0.29, 0.717) is 6.04 Å². The molecule has 4 heteroatoms. The lowest BCUT2D eigenvalue weighted by molar-refractivity contribution is 0.484. The molecule has 1 unspecified atom stereocenters. The van der Waals surface area contributed by atoms with Crippen molar-refractivity contribution in [3.63, 3.8) is 0 Å². The van der Waals surface area contributed by atoms with Crippen LogP contribution in [0.5, 0.6) is 0 Å². The molecule has 0 bridgehead atoms. The first-order valence-electron chi connectivity index (χ1n) is 6.62. The third kappa shape index (κ3) is 3.21. The monoisotopic (exact) mass is 263 g/mol. The number of rotatable bonds is 7. The molecular weight excluding hydrogens is 242 g/mol. The van der Waals surface area contributed by atoms with E-state index in [0.717, 1.165) is 31.8 Å². The van der Waals surface area contributed by atoms with E-state index in [4.69, 9.17) is 0 Å². The van der Waals surface area contributed by atoms with Crippen LogP contribution in [0, 0.1) is 0 Å². The summed E-state index contributed by atoms with van der Waals surface area (Å²) in [7, 11) is 0. The summed E-state index contributed by atoms with van der Waals surface area (Å²) in [6.45, 7) is 6.37. The van der Waals surface area contributed by atoms with Crippen molar-refractivity contribution >= 4 is 11.3 Å². The van der Waals surface area contributed by atoms with E-state index in [-0.39, 0.29) is 0 Å². The molecule has 0 amide bonds. The Balaban J connectivity index is 2.14. The molecule has 0 aromatic carbocycles. The normalized spacial score (nSPS) is 12.8. The summed E-state index contributed by atoms with van der Waals surface area (Å²) in [5.41, 5.74) is 0. The van der Waals surface area contributed by atoms with Gasteiger partial charge in [-0.2, -0.15) is 0 Å². The van der Waals surface area contributed by atoms with Crippen LogP contribution in [-0.2, 0) is 13.0 Å². The van der Waals surface area contributed by atoms with E-state index < -0.39 is 0 Å². The molecule has 2 rings (SSSR count). The quantitative estimate of drug-likeness (QED) is 0.831. The summed E-state index contributed by atoms with van der Waals surface area (Å²) in [6, 6.07) is 4.63. The summed E-state index contributed by atoms with van der Waals surface area (Å²) < 4.78 is 2.22. The highest BCUT2D eigenvalue weighted by atomic mass is 32.1. The fourth-order valence-corrected chi connectivity index (χ4v) is 2.85.